The second-order valence-electron chi connectivity index (χ2n) is 4.37. The van der Waals surface area contributed by atoms with E-state index in [1.165, 1.54) is 11.8 Å². The average molecular weight is 286 g/mol. The van der Waals surface area contributed by atoms with E-state index in [0.29, 0.717) is 11.8 Å². The van der Waals surface area contributed by atoms with Gasteiger partial charge in [-0.3, -0.25) is 9.36 Å². The minimum Gasteiger partial charge on any atom is -0.481 e. The molecule has 7 nitrogen and oxygen atoms in total. The van der Waals surface area contributed by atoms with E-state index in [0.717, 1.165) is 25.5 Å². The van der Waals surface area contributed by atoms with Crippen LogP contribution in [0.25, 0.3) is 0 Å². The van der Waals surface area contributed by atoms with Crippen LogP contribution < -0.4 is 4.90 Å². The predicted octanol–water partition coefficient (Wildman–Crippen LogP) is 0.607. The van der Waals surface area contributed by atoms with Crippen molar-refractivity contribution in [2.75, 3.05) is 30.3 Å². The zero-order valence-corrected chi connectivity index (χ0v) is 11.9. The number of rotatable bonds is 5. The molecule has 1 aliphatic rings. The Labute approximate surface area is 115 Å². The summed E-state index contributed by atoms with van der Waals surface area (Å²) in [5.74, 6) is -0.0891. The number of nitrogens with zero attached hydrogens (tertiary/aromatic N) is 4. The molecule has 1 aromatic rings. The van der Waals surface area contributed by atoms with E-state index < -0.39 is 5.97 Å². The van der Waals surface area contributed by atoms with Crippen LogP contribution in [0.1, 0.15) is 13.3 Å². The fourth-order valence-corrected chi connectivity index (χ4v) is 2.61. The first kappa shape index (κ1) is 14.1. The van der Waals surface area contributed by atoms with Crippen molar-refractivity contribution in [3.05, 3.63) is 0 Å². The van der Waals surface area contributed by atoms with Crippen LogP contribution in [0.15, 0.2) is 5.16 Å². The van der Waals surface area contributed by atoms with Gasteiger partial charge in [0.05, 0.1) is 18.5 Å². The topological polar surface area (TPSA) is 80.5 Å². The molecule has 8 heteroatoms. The highest BCUT2D eigenvalue weighted by Gasteiger charge is 2.23. The number of aromatic nitrogens is 3. The van der Waals surface area contributed by atoms with E-state index in [2.05, 4.69) is 22.0 Å². The van der Waals surface area contributed by atoms with Crippen LogP contribution in [-0.4, -0.2) is 57.4 Å². The quantitative estimate of drug-likeness (QED) is 0.794. The Kier molecular flexibility index (Phi) is 4.65. The summed E-state index contributed by atoms with van der Waals surface area (Å²) in [7, 11) is 1.86. The fraction of sp³-hybridized carbons (Fsp3) is 0.727. The van der Waals surface area contributed by atoms with Crippen LogP contribution in [0, 0.1) is 0 Å². The summed E-state index contributed by atoms with van der Waals surface area (Å²) in [6, 6.07) is 0. The second-order valence-corrected chi connectivity index (χ2v) is 5.31. The lowest BCUT2D eigenvalue weighted by Gasteiger charge is -2.32. The molecule has 2 heterocycles. The Balaban J connectivity index is 2.06. The van der Waals surface area contributed by atoms with Crippen molar-refractivity contribution in [2.24, 2.45) is 7.05 Å². The van der Waals surface area contributed by atoms with E-state index >= 15 is 0 Å². The van der Waals surface area contributed by atoms with Gasteiger partial charge in [0, 0.05) is 20.1 Å². The zero-order chi connectivity index (χ0) is 13.8. The summed E-state index contributed by atoms with van der Waals surface area (Å²) in [5, 5.41) is 17.5. The van der Waals surface area contributed by atoms with Gasteiger partial charge < -0.3 is 14.7 Å². The molecule has 1 atom stereocenters. The minimum absolute atomic E-state index is 0.00727. The van der Waals surface area contributed by atoms with E-state index in [1.54, 1.807) is 0 Å². The number of hydrogen-bond acceptors (Lipinski definition) is 6. The molecule has 1 fully saturated rings. The van der Waals surface area contributed by atoms with Crippen LogP contribution in [0.2, 0.25) is 0 Å². The Morgan fingerprint density at radius 3 is 3.05 bits per heavy atom. The summed E-state index contributed by atoms with van der Waals surface area (Å²) >= 11 is 1.18. The Hall–Kier alpha value is -1.28. The van der Waals surface area contributed by atoms with Gasteiger partial charge in [-0.2, -0.15) is 0 Å². The number of anilines is 1. The highest BCUT2D eigenvalue weighted by molar-refractivity contribution is 7.99. The van der Waals surface area contributed by atoms with Crippen molar-refractivity contribution >= 4 is 23.7 Å². The molecule has 0 aliphatic carbocycles. The van der Waals surface area contributed by atoms with Gasteiger partial charge in [-0.05, 0) is 6.42 Å². The Bertz CT molecular complexity index is 451. The van der Waals surface area contributed by atoms with Gasteiger partial charge in [0.1, 0.15) is 0 Å². The average Bonchev–Trinajstić information content (AvgIpc) is 2.78. The molecule has 1 N–H and O–H groups in total. The first-order chi connectivity index (χ1) is 9.11. The largest absolute Gasteiger partial charge is 0.481 e. The monoisotopic (exact) mass is 286 g/mol. The van der Waals surface area contributed by atoms with Crippen LogP contribution in [0.5, 0.6) is 0 Å². The summed E-state index contributed by atoms with van der Waals surface area (Å²) in [6.45, 7) is 4.36. The molecule has 0 bridgehead atoms. The maximum Gasteiger partial charge on any atom is 0.313 e. The summed E-state index contributed by atoms with van der Waals surface area (Å²) < 4.78 is 7.46. The number of morpholine rings is 1. The van der Waals surface area contributed by atoms with Crippen molar-refractivity contribution in [1.29, 1.82) is 0 Å². The van der Waals surface area contributed by atoms with Crippen LogP contribution >= 0.6 is 11.8 Å². The maximum absolute atomic E-state index is 10.6. The lowest BCUT2D eigenvalue weighted by atomic mass is 10.2. The van der Waals surface area contributed by atoms with E-state index in [1.807, 2.05) is 11.6 Å². The first-order valence-corrected chi connectivity index (χ1v) is 7.21. The van der Waals surface area contributed by atoms with Gasteiger partial charge in [-0.1, -0.05) is 18.7 Å². The van der Waals surface area contributed by atoms with Gasteiger partial charge in [-0.25, -0.2) is 0 Å². The van der Waals surface area contributed by atoms with Crippen molar-refractivity contribution in [3.63, 3.8) is 0 Å². The SMILES string of the molecule is CCC1CN(c2nnc(SCC(=O)O)n2C)CCO1. The third-order valence-corrected chi connectivity index (χ3v) is 4.02. The molecule has 1 unspecified atom stereocenters. The van der Waals surface area contributed by atoms with Crippen molar-refractivity contribution in [1.82, 2.24) is 14.8 Å². The fourth-order valence-electron chi connectivity index (χ4n) is 1.98. The molecular formula is C11H18N4O3S. The molecule has 0 aromatic carbocycles. The molecule has 1 saturated heterocycles. The summed E-state index contributed by atoms with van der Waals surface area (Å²) in [6.07, 6.45) is 1.19. The minimum atomic E-state index is -0.855. The van der Waals surface area contributed by atoms with Crippen LogP contribution in [-0.2, 0) is 16.6 Å². The number of thioether (sulfide) groups is 1. The van der Waals surface area contributed by atoms with Gasteiger partial charge in [0.25, 0.3) is 0 Å². The van der Waals surface area contributed by atoms with Crippen LogP contribution in [0.3, 0.4) is 0 Å². The van der Waals surface area contributed by atoms with E-state index in [4.69, 9.17) is 9.84 Å². The lowest BCUT2D eigenvalue weighted by Crippen LogP contribution is -2.43. The molecule has 0 spiro atoms. The highest BCUT2D eigenvalue weighted by Crippen LogP contribution is 2.22. The molecule has 0 amide bonds. The van der Waals surface area contributed by atoms with Gasteiger partial charge in [0.15, 0.2) is 5.16 Å². The molecule has 106 valence electrons. The zero-order valence-electron chi connectivity index (χ0n) is 11.1. The third-order valence-electron chi connectivity index (χ3n) is 3.01. The summed E-state index contributed by atoms with van der Waals surface area (Å²) in [5.41, 5.74) is 0. The second kappa shape index (κ2) is 6.25. The number of carboxylic acid groups (broad SMARTS) is 1. The van der Waals surface area contributed by atoms with E-state index in [9.17, 15) is 4.79 Å². The number of ether oxygens (including phenoxy) is 1. The van der Waals surface area contributed by atoms with Crippen molar-refractivity contribution < 1.29 is 14.6 Å². The highest BCUT2D eigenvalue weighted by atomic mass is 32.2. The molecule has 0 radical (unpaired) electrons. The van der Waals surface area contributed by atoms with Gasteiger partial charge in [0.2, 0.25) is 5.95 Å². The van der Waals surface area contributed by atoms with Gasteiger partial charge >= 0.3 is 5.97 Å². The smallest absolute Gasteiger partial charge is 0.313 e. The lowest BCUT2D eigenvalue weighted by molar-refractivity contribution is -0.133. The Morgan fingerprint density at radius 2 is 2.37 bits per heavy atom. The molecule has 19 heavy (non-hydrogen) atoms. The van der Waals surface area contributed by atoms with Crippen molar-refractivity contribution in [2.45, 2.75) is 24.6 Å². The van der Waals surface area contributed by atoms with Crippen molar-refractivity contribution in [3.8, 4) is 0 Å². The molecule has 2 rings (SSSR count). The Morgan fingerprint density at radius 1 is 1.58 bits per heavy atom. The normalized spacial score (nSPS) is 19.7. The predicted molar refractivity (Wildman–Crippen MR) is 71.6 cm³/mol. The third kappa shape index (κ3) is 3.38. The number of carbonyl (C=O) groups is 1. The van der Waals surface area contributed by atoms with E-state index in [-0.39, 0.29) is 11.9 Å². The van der Waals surface area contributed by atoms with Gasteiger partial charge in [-0.15, -0.1) is 10.2 Å². The maximum atomic E-state index is 10.6. The number of hydrogen-bond donors (Lipinski definition) is 1. The molecule has 1 aromatic heterocycles. The van der Waals surface area contributed by atoms with Crippen LogP contribution in [0.4, 0.5) is 5.95 Å². The number of aliphatic carboxylic acids is 1. The molecular weight excluding hydrogens is 268 g/mol. The standard InChI is InChI=1S/C11H18N4O3S/c1-3-8-6-15(4-5-18-8)10-12-13-11(14(10)2)19-7-9(16)17/h8H,3-7H2,1-2H3,(H,16,17). The number of carboxylic acids is 1. The molecule has 0 saturated carbocycles. The molecule has 1 aliphatic heterocycles. The first-order valence-electron chi connectivity index (χ1n) is 6.22. The summed E-state index contributed by atoms with van der Waals surface area (Å²) in [4.78, 5) is 12.7.